The van der Waals surface area contributed by atoms with Crippen molar-refractivity contribution in [3.63, 3.8) is 0 Å². The molecule has 1 aliphatic heterocycles. The zero-order valence-corrected chi connectivity index (χ0v) is 12.5. The molecule has 4 heteroatoms. The first-order valence-electron chi connectivity index (χ1n) is 7.09. The maximum Gasteiger partial charge on any atom is 0.303 e. The zero-order chi connectivity index (χ0) is 14.5. The number of ether oxygens (including phenoxy) is 1. The van der Waals surface area contributed by atoms with Crippen molar-refractivity contribution in [2.75, 3.05) is 0 Å². The van der Waals surface area contributed by atoms with Gasteiger partial charge in [0.2, 0.25) is 0 Å². The SMILES string of the molecule is CC1(C)Cc2cc(C(CC(=O)O)C3CC3)cc(Cl)c2O1. The molecule has 2 aliphatic rings. The second-order valence-electron chi connectivity index (χ2n) is 6.57. The largest absolute Gasteiger partial charge is 0.486 e. The molecule has 1 aromatic carbocycles. The lowest BCUT2D eigenvalue weighted by molar-refractivity contribution is -0.137. The van der Waals surface area contributed by atoms with Gasteiger partial charge in [0.05, 0.1) is 11.4 Å². The number of rotatable bonds is 4. The number of fused-ring (bicyclic) bond motifs is 1. The van der Waals surface area contributed by atoms with Crippen molar-refractivity contribution >= 4 is 17.6 Å². The third kappa shape index (κ3) is 2.64. The van der Waals surface area contributed by atoms with Crippen LogP contribution in [0.25, 0.3) is 0 Å². The van der Waals surface area contributed by atoms with Gasteiger partial charge >= 0.3 is 5.97 Å². The van der Waals surface area contributed by atoms with Crippen molar-refractivity contribution < 1.29 is 14.6 Å². The third-order valence-corrected chi connectivity index (χ3v) is 4.43. The van der Waals surface area contributed by atoms with Gasteiger partial charge in [-0.3, -0.25) is 4.79 Å². The summed E-state index contributed by atoms with van der Waals surface area (Å²) < 4.78 is 5.87. The summed E-state index contributed by atoms with van der Waals surface area (Å²) in [7, 11) is 0. The van der Waals surface area contributed by atoms with E-state index in [4.69, 9.17) is 21.4 Å². The van der Waals surface area contributed by atoms with Gasteiger partial charge in [-0.1, -0.05) is 17.7 Å². The molecule has 0 bridgehead atoms. The van der Waals surface area contributed by atoms with Gasteiger partial charge in [0.1, 0.15) is 11.4 Å². The van der Waals surface area contributed by atoms with E-state index in [0.717, 1.165) is 36.1 Å². The van der Waals surface area contributed by atoms with Crippen LogP contribution in [-0.4, -0.2) is 16.7 Å². The predicted octanol–water partition coefficient (Wildman–Crippen LogP) is 4.02. The van der Waals surface area contributed by atoms with Gasteiger partial charge in [0, 0.05) is 6.42 Å². The molecule has 1 atom stereocenters. The highest BCUT2D eigenvalue weighted by Crippen LogP contribution is 2.48. The van der Waals surface area contributed by atoms with Gasteiger partial charge in [0.25, 0.3) is 0 Å². The van der Waals surface area contributed by atoms with E-state index in [0.29, 0.717) is 10.9 Å². The van der Waals surface area contributed by atoms with Crippen molar-refractivity contribution in [1.82, 2.24) is 0 Å². The van der Waals surface area contributed by atoms with Gasteiger partial charge in [0.15, 0.2) is 0 Å². The Kier molecular flexibility index (Phi) is 3.20. The van der Waals surface area contributed by atoms with Gasteiger partial charge in [-0.2, -0.15) is 0 Å². The molecule has 0 amide bonds. The molecule has 0 aromatic heterocycles. The van der Waals surface area contributed by atoms with Gasteiger partial charge < -0.3 is 9.84 Å². The van der Waals surface area contributed by atoms with Crippen molar-refractivity contribution in [1.29, 1.82) is 0 Å². The Morgan fingerprint density at radius 1 is 1.50 bits per heavy atom. The molecule has 3 rings (SSSR count). The Hall–Kier alpha value is -1.22. The standard InChI is InChI=1S/C16H19ClO3/c1-16(2)8-11-5-10(6-13(17)15(11)20-16)12(7-14(18)19)9-3-4-9/h5-6,9,12H,3-4,7-8H2,1-2H3,(H,18,19). The van der Waals surface area contributed by atoms with Crippen molar-refractivity contribution in [2.24, 2.45) is 5.92 Å². The second-order valence-corrected chi connectivity index (χ2v) is 6.98. The van der Waals surface area contributed by atoms with Crippen LogP contribution in [0.3, 0.4) is 0 Å². The van der Waals surface area contributed by atoms with E-state index in [2.05, 4.69) is 6.07 Å². The van der Waals surface area contributed by atoms with E-state index >= 15 is 0 Å². The van der Waals surface area contributed by atoms with Crippen LogP contribution in [0.1, 0.15) is 50.2 Å². The van der Waals surface area contributed by atoms with Crippen molar-refractivity contribution in [3.05, 3.63) is 28.3 Å². The number of halogens is 1. The predicted molar refractivity (Wildman–Crippen MR) is 77.6 cm³/mol. The summed E-state index contributed by atoms with van der Waals surface area (Å²) in [5, 5.41) is 9.72. The van der Waals surface area contributed by atoms with E-state index in [1.54, 1.807) is 0 Å². The first-order chi connectivity index (χ1) is 9.35. The summed E-state index contributed by atoms with van der Waals surface area (Å²) in [5.74, 6) is 0.606. The van der Waals surface area contributed by atoms with Gasteiger partial charge in [-0.15, -0.1) is 0 Å². The van der Waals surface area contributed by atoms with Crippen LogP contribution in [0.2, 0.25) is 5.02 Å². The molecular formula is C16H19ClO3. The number of hydrogen-bond donors (Lipinski definition) is 1. The number of carboxylic acid groups (broad SMARTS) is 1. The highest BCUT2D eigenvalue weighted by molar-refractivity contribution is 6.32. The summed E-state index contributed by atoms with van der Waals surface area (Å²) in [6.07, 6.45) is 3.24. The maximum atomic E-state index is 11.1. The fourth-order valence-electron chi connectivity index (χ4n) is 3.15. The average molecular weight is 295 g/mol. The topological polar surface area (TPSA) is 46.5 Å². The highest BCUT2D eigenvalue weighted by Gasteiger charge is 2.37. The van der Waals surface area contributed by atoms with Crippen molar-refractivity contribution in [2.45, 2.75) is 51.0 Å². The van der Waals surface area contributed by atoms with Crippen LogP contribution < -0.4 is 4.74 Å². The lowest BCUT2D eigenvalue weighted by Crippen LogP contribution is -2.24. The van der Waals surface area contributed by atoms with Gasteiger partial charge in [-0.25, -0.2) is 0 Å². The van der Waals surface area contributed by atoms with E-state index in [-0.39, 0.29) is 17.9 Å². The Bertz CT molecular complexity index is 561. The quantitative estimate of drug-likeness (QED) is 0.912. The van der Waals surface area contributed by atoms with Crippen LogP contribution in [0, 0.1) is 5.92 Å². The fraction of sp³-hybridized carbons (Fsp3) is 0.562. The maximum absolute atomic E-state index is 11.1. The monoisotopic (exact) mass is 294 g/mol. The summed E-state index contributed by atoms with van der Waals surface area (Å²) in [5.41, 5.74) is 1.93. The van der Waals surface area contributed by atoms with Crippen LogP contribution in [0.15, 0.2) is 12.1 Å². The van der Waals surface area contributed by atoms with E-state index in [1.807, 2.05) is 19.9 Å². The smallest absolute Gasteiger partial charge is 0.303 e. The van der Waals surface area contributed by atoms with Crippen LogP contribution in [0.4, 0.5) is 0 Å². The number of carbonyl (C=O) groups is 1. The fourth-order valence-corrected chi connectivity index (χ4v) is 3.43. The minimum atomic E-state index is -0.741. The number of aliphatic carboxylic acids is 1. The molecule has 1 aromatic rings. The molecule has 0 saturated heterocycles. The Balaban J connectivity index is 1.95. The minimum Gasteiger partial charge on any atom is -0.486 e. The zero-order valence-electron chi connectivity index (χ0n) is 11.8. The summed E-state index contributed by atoms with van der Waals surface area (Å²) in [6, 6.07) is 4.00. The summed E-state index contributed by atoms with van der Waals surface area (Å²) in [4.78, 5) is 11.1. The lowest BCUT2D eigenvalue weighted by atomic mass is 9.89. The average Bonchev–Trinajstić information content (AvgIpc) is 3.09. The van der Waals surface area contributed by atoms with Crippen LogP contribution >= 0.6 is 11.6 Å². The number of benzene rings is 1. The molecule has 1 fully saturated rings. The summed E-state index contributed by atoms with van der Waals surface area (Å²) >= 11 is 6.34. The molecule has 3 nitrogen and oxygen atoms in total. The Labute approximate surface area is 123 Å². The number of hydrogen-bond acceptors (Lipinski definition) is 2. The Morgan fingerprint density at radius 2 is 2.20 bits per heavy atom. The van der Waals surface area contributed by atoms with Gasteiger partial charge in [-0.05, 0) is 55.7 Å². The highest BCUT2D eigenvalue weighted by atomic mass is 35.5. The Morgan fingerprint density at radius 3 is 2.80 bits per heavy atom. The molecule has 1 heterocycles. The first-order valence-corrected chi connectivity index (χ1v) is 7.47. The molecule has 1 unspecified atom stereocenters. The molecular weight excluding hydrogens is 276 g/mol. The molecule has 0 spiro atoms. The third-order valence-electron chi connectivity index (χ3n) is 4.15. The first kappa shape index (κ1) is 13.7. The molecule has 1 N–H and O–H groups in total. The van der Waals surface area contributed by atoms with Crippen LogP contribution in [-0.2, 0) is 11.2 Å². The summed E-state index contributed by atoms with van der Waals surface area (Å²) in [6.45, 7) is 4.08. The van der Waals surface area contributed by atoms with E-state index in [9.17, 15) is 4.79 Å². The molecule has 20 heavy (non-hydrogen) atoms. The second kappa shape index (κ2) is 4.66. The number of carboxylic acids is 1. The molecule has 1 saturated carbocycles. The normalized spacial score (nSPS) is 21.1. The van der Waals surface area contributed by atoms with Crippen LogP contribution in [0.5, 0.6) is 5.75 Å². The van der Waals surface area contributed by atoms with E-state index in [1.165, 1.54) is 0 Å². The molecule has 1 aliphatic carbocycles. The lowest BCUT2D eigenvalue weighted by Gasteiger charge is -2.17. The molecule has 108 valence electrons. The van der Waals surface area contributed by atoms with E-state index < -0.39 is 5.97 Å². The minimum absolute atomic E-state index is 0.0824. The van der Waals surface area contributed by atoms with Crippen molar-refractivity contribution in [3.8, 4) is 5.75 Å². The molecule has 0 radical (unpaired) electrons.